The summed E-state index contributed by atoms with van der Waals surface area (Å²) in [6, 6.07) is 4.60. The normalized spacial score (nSPS) is 10.1. The molecule has 0 fully saturated rings. The lowest BCUT2D eigenvalue weighted by molar-refractivity contribution is 0.116. The van der Waals surface area contributed by atoms with Crippen LogP contribution in [-0.2, 0) is 11.3 Å². The van der Waals surface area contributed by atoms with Crippen molar-refractivity contribution in [2.45, 2.75) is 39.2 Å². The van der Waals surface area contributed by atoms with E-state index in [0.29, 0.717) is 18.8 Å². The zero-order chi connectivity index (χ0) is 13.9. The number of hydrogen-bond donors (Lipinski definition) is 1. The maximum absolute atomic E-state index is 13.3. The van der Waals surface area contributed by atoms with Crippen molar-refractivity contribution < 1.29 is 14.2 Å². The largest absolute Gasteiger partial charge is 0.384 e. The Hall–Kier alpha value is -1.37. The molecule has 0 spiro atoms. The first-order valence-corrected chi connectivity index (χ1v) is 6.73. The summed E-state index contributed by atoms with van der Waals surface area (Å²) >= 11 is 0. The van der Waals surface area contributed by atoms with Crippen LogP contribution < -0.4 is 0 Å². The third-order valence-corrected chi connectivity index (χ3v) is 2.68. The van der Waals surface area contributed by atoms with Gasteiger partial charge in [0.1, 0.15) is 12.4 Å². The number of rotatable bonds is 7. The van der Waals surface area contributed by atoms with Crippen molar-refractivity contribution in [3.05, 3.63) is 35.1 Å². The third-order valence-electron chi connectivity index (χ3n) is 2.68. The van der Waals surface area contributed by atoms with Crippen LogP contribution in [-0.4, -0.2) is 18.3 Å². The fourth-order valence-corrected chi connectivity index (χ4v) is 1.77. The molecule has 1 aromatic carbocycles. The smallest absolute Gasteiger partial charge is 0.124 e. The average molecular weight is 264 g/mol. The van der Waals surface area contributed by atoms with E-state index in [-0.39, 0.29) is 12.4 Å². The van der Waals surface area contributed by atoms with Gasteiger partial charge in [-0.3, -0.25) is 0 Å². The first kappa shape index (κ1) is 15.7. The minimum Gasteiger partial charge on any atom is -0.384 e. The van der Waals surface area contributed by atoms with Gasteiger partial charge in [-0.15, -0.1) is 0 Å². The van der Waals surface area contributed by atoms with Crippen molar-refractivity contribution >= 4 is 0 Å². The van der Waals surface area contributed by atoms with Crippen LogP contribution in [0, 0.1) is 17.7 Å². The average Bonchev–Trinajstić information content (AvgIpc) is 2.40. The lowest BCUT2D eigenvalue weighted by Crippen LogP contribution is -1.97. The quantitative estimate of drug-likeness (QED) is 0.605. The number of unbranched alkanes of at least 4 members (excludes halogenated alkanes) is 3. The summed E-state index contributed by atoms with van der Waals surface area (Å²) < 4.78 is 18.9. The molecule has 0 aliphatic heterocycles. The van der Waals surface area contributed by atoms with Crippen molar-refractivity contribution in [1.29, 1.82) is 0 Å². The van der Waals surface area contributed by atoms with Gasteiger partial charge >= 0.3 is 0 Å². The van der Waals surface area contributed by atoms with Crippen molar-refractivity contribution in [1.82, 2.24) is 0 Å². The molecule has 0 aliphatic rings. The summed E-state index contributed by atoms with van der Waals surface area (Å²) in [5, 5.41) is 8.62. The van der Waals surface area contributed by atoms with E-state index < -0.39 is 0 Å². The molecular weight excluding hydrogens is 243 g/mol. The molecule has 0 amide bonds. The summed E-state index contributed by atoms with van der Waals surface area (Å²) in [6.45, 7) is 3.05. The molecule has 0 heterocycles. The Morgan fingerprint density at radius 3 is 2.79 bits per heavy atom. The van der Waals surface area contributed by atoms with Gasteiger partial charge in [-0.1, -0.05) is 38.0 Å². The lowest BCUT2D eigenvalue weighted by atomic mass is 10.1. The number of aliphatic hydroxyl groups is 1. The standard InChI is InChI=1S/C16H21FO2/c1-2-3-4-5-9-19-13-15-10-14(7-6-8-18)11-16(17)12-15/h10-12,18H,2-5,8-9,13H2,1H3. The van der Waals surface area contributed by atoms with Crippen molar-refractivity contribution in [3.63, 3.8) is 0 Å². The molecule has 19 heavy (non-hydrogen) atoms. The molecule has 0 aliphatic carbocycles. The number of hydrogen-bond acceptors (Lipinski definition) is 2. The number of halogens is 1. The number of ether oxygens (including phenoxy) is 1. The SMILES string of the molecule is CCCCCCOCc1cc(F)cc(C#CCO)c1. The summed E-state index contributed by atoms with van der Waals surface area (Å²) in [5.74, 6) is 4.88. The van der Waals surface area contributed by atoms with Gasteiger partial charge < -0.3 is 9.84 Å². The van der Waals surface area contributed by atoms with Crippen LogP contribution >= 0.6 is 0 Å². The van der Waals surface area contributed by atoms with Crippen LogP contribution in [0.3, 0.4) is 0 Å². The Balaban J connectivity index is 2.42. The molecule has 1 N–H and O–H groups in total. The molecule has 3 heteroatoms. The molecular formula is C16H21FO2. The van der Waals surface area contributed by atoms with Gasteiger partial charge in [0.2, 0.25) is 0 Å². The van der Waals surface area contributed by atoms with Crippen LogP contribution in [0.25, 0.3) is 0 Å². The Kier molecular flexibility index (Phi) is 7.88. The van der Waals surface area contributed by atoms with E-state index in [1.807, 2.05) is 0 Å². The van der Waals surface area contributed by atoms with E-state index >= 15 is 0 Å². The minimum atomic E-state index is -0.325. The highest BCUT2D eigenvalue weighted by molar-refractivity contribution is 5.37. The fraction of sp³-hybridized carbons (Fsp3) is 0.500. The van der Waals surface area contributed by atoms with E-state index in [4.69, 9.17) is 9.84 Å². The van der Waals surface area contributed by atoms with Crippen LogP contribution in [0.1, 0.15) is 43.7 Å². The first-order valence-electron chi connectivity index (χ1n) is 6.73. The van der Waals surface area contributed by atoms with Gasteiger partial charge in [0.05, 0.1) is 6.61 Å². The molecule has 0 aromatic heterocycles. The molecule has 0 saturated carbocycles. The second kappa shape index (κ2) is 9.55. The summed E-state index contributed by atoms with van der Waals surface area (Å²) in [4.78, 5) is 0. The van der Waals surface area contributed by atoms with Gasteiger partial charge in [0, 0.05) is 12.2 Å². The third kappa shape index (κ3) is 6.95. The zero-order valence-corrected chi connectivity index (χ0v) is 11.4. The summed E-state index contributed by atoms with van der Waals surface area (Å²) in [5.41, 5.74) is 1.34. The second-order valence-electron chi connectivity index (χ2n) is 4.42. The van der Waals surface area contributed by atoms with Crippen molar-refractivity contribution in [3.8, 4) is 11.8 Å². The predicted octanol–water partition coefficient (Wildman–Crippen LogP) is 3.27. The van der Waals surface area contributed by atoms with E-state index in [1.165, 1.54) is 31.4 Å². The Morgan fingerprint density at radius 2 is 2.05 bits per heavy atom. The summed E-state index contributed by atoms with van der Waals surface area (Å²) in [7, 11) is 0. The topological polar surface area (TPSA) is 29.5 Å². The van der Waals surface area contributed by atoms with Gasteiger partial charge in [0.15, 0.2) is 0 Å². The number of aliphatic hydroxyl groups excluding tert-OH is 1. The summed E-state index contributed by atoms with van der Waals surface area (Å²) in [6.07, 6.45) is 4.65. The molecule has 1 rings (SSSR count). The van der Waals surface area contributed by atoms with E-state index in [2.05, 4.69) is 18.8 Å². The van der Waals surface area contributed by atoms with Gasteiger partial charge in [-0.25, -0.2) is 4.39 Å². The lowest BCUT2D eigenvalue weighted by Gasteiger charge is -2.05. The minimum absolute atomic E-state index is 0.222. The van der Waals surface area contributed by atoms with Gasteiger partial charge in [-0.05, 0) is 30.2 Å². The van der Waals surface area contributed by atoms with E-state index in [1.54, 1.807) is 6.07 Å². The molecule has 0 radical (unpaired) electrons. The Labute approximate surface area is 114 Å². The monoisotopic (exact) mass is 264 g/mol. The molecule has 2 nitrogen and oxygen atoms in total. The van der Waals surface area contributed by atoms with Crippen LogP contribution in [0.5, 0.6) is 0 Å². The molecule has 1 aromatic rings. The van der Waals surface area contributed by atoms with Crippen LogP contribution in [0.15, 0.2) is 18.2 Å². The molecule has 0 unspecified atom stereocenters. The second-order valence-corrected chi connectivity index (χ2v) is 4.42. The van der Waals surface area contributed by atoms with Crippen LogP contribution in [0.4, 0.5) is 4.39 Å². The highest BCUT2D eigenvalue weighted by Gasteiger charge is 2.00. The van der Waals surface area contributed by atoms with Crippen LogP contribution in [0.2, 0.25) is 0 Å². The fourth-order valence-electron chi connectivity index (χ4n) is 1.77. The zero-order valence-electron chi connectivity index (χ0n) is 11.4. The molecule has 0 saturated heterocycles. The van der Waals surface area contributed by atoms with Gasteiger partial charge in [-0.2, -0.15) is 0 Å². The maximum atomic E-state index is 13.3. The van der Waals surface area contributed by atoms with E-state index in [9.17, 15) is 4.39 Å². The Morgan fingerprint density at radius 1 is 1.21 bits per heavy atom. The molecule has 104 valence electrons. The maximum Gasteiger partial charge on any atom is 0.124 e. The molecule has 0 atom stereocenters. The van der Waals surface area contributed by atoms with Crippen molar-refractivity contribution in [2.24, 2.45) is 0 Å². The van der Waals surface area contributed by atoms with Gasteiger partial charge in [0.25, 0.3) is 0 Å². The Bertz CT molecular complexity index is 432. The van der Waals surface area contributed by atoms with E-state index in [0.717, 1.165) is 12.0 Å². The predicted molar refractivity (Wildman–Crippen MR) is 74.2 cm³/mol. The highest BCUT2D eigenvalue weighted by Crippen LogP contribution is 2.10. The molecule has 0 bridgehead atoms. The van der Waals surface area contributed by atoms with Crippen molar-refractivity contribution in [2.75, 3.05) is 13.2 Å². The highest BCUT2D eigenvalue weighted by atomic mass is 19.1. The number of benzene rings is 1. The first-order chi connectivity index (χ1) is 9.26.